The first-order valence-electron chi connectivity index (χ1n) is 5.57. The summed E-state index contributed by atoms with van der Waals surface area (Å²) in [5.74, 6) is -0.178. The summed E-state index contributed by atoms with van der Waals surface area (Å²) in [6.45, 7) is 4.79. The van der Waals surface area contributed by atoms with E-state index < -0.39 is 5.97 Å². The third-order valence-electron chi connectivity index (χ3n) is 2.55. The molecule has 0 unspecified atom stereocenters. The van der Waals surface area contributed by atoms with Crippen LogP contribution in [0.25, 0.3) is 0 Å². The summed E-state index contributed by atoms with van der Waals surface area (Å²) in [5, 5.41) is 1.98. The molecule has 0 spiro atoms. The van der Waals surface area contributed by atoms with Gasteiger partial charge in [-0.2, -0.15) is 0 Å². The van der Waals surface area contributed by atoms with Crippen molar-refractivity contribution in [3.05, 3.63) is 12.0 Å². The molecule has 0 aliphatic carbocycles. The molecule has 0 radical (unpaired) electrons. The second kappa shape index (κ2) is 5.05. The monoisotopic (exact) mass is 240 g/mol. The molecule has 2 heterocycles. The van der Waals surface area contributed by atoms with E-state index in [1.165, 1.54) is 6.33 Å². The lowest BCUT2D eigenvalue weighted by Gasteiger charge is -2.29. The van der Waals surface area contributed by atoms with Gasteiger partial charge in [-0.15, -0.1) is 0 Å². The molecule has 17 heavy (non-hydrogen) atoms. The molecule has 7 heteroatoms. The van der Waals surface area contributed by atoms with Gasteiger partial charge in [-0.05, 0) is 6.92 Å². The van der Waals surface area contributed by atoms with Crippen LogP contribution in [0.15, 0.2) is 6.33 Å². The molecule has 1 saturated heterocycles. The molecule has 0 bridgehead atoms. The number of nitrogens with two attached hydrogens (primary N) is 1. The van der Waals surface area contributed by atoms with Crippen molar-refractivity contribution in [1.82, 2.24) is 9.66 Å². The molecule has 1 aliphatic heterocycles. The van der Waals surface area contributed by atoms with Crippen molar-refractivity contribution in [2.24, 2.45) is 0 Å². The van der Waals surface area contributed by atoms with E-state index in [4.69, 9.17) is 15.2 Å². The SMILES string of the molecule is CCOC(=O)c1ncn(N2CCOCC2)c1N. The van der Waals surface area contributed by atoms with Gasteiger partial charge in [-0.3, -0.25) is 0 Å². The van der Waals surface area contributed by atoms with Gasteiger partial charge in [0, 0.05) is 0 Å². The predicted molar refractivity (Wildman–Crippen MR) is 61.4 cm³/mol. The van der Waals surface area contributed by atoms with Crippen molar-refractivity contribution < 1.29 is 14.3 Å². The normalized spacial score (nSPS) is 15.9. The fourth-order valence-corrected chi connectivity index (χ4v) is 1.70. The summed E-state index contributed by atoms with van der Waals surface area (Å²) in [7, 11) is 0. The zero-order chi connectivity index (χ0) is 12.3. The van der Waals surface area contributed by atoms with E-state index in [0.29, 0.717) is 25.6 Å². The van der Waals surface area contributed by atoms with Crippen molar-refractivity contribution in [1.29, 1.82) is 0 Å². The van der Waals surface area contributed by atoms with E-state index in [0.717, 1.165) is 13.1 Å². The average molecular weight is 240 g/mol. The van der Waals surface area contributed by atoms with Crippen molar-refractivity contribution in [2.75, 3.05) is 43.7 Å². The maximum atomic E-state index is 11.5. The number of rotatable bonds is 3. The number of hydrogen-bond donors (Lipinski definition) is 1. The molecule has 0 amide bonds. The van der Waals surface area contributed by atoms with E-state index in [1.807, 2.05) is 5.01 Å². The number of carbonyl (C=O) groups is 1. The van der Waals surface area contributed by atoms with Crippen molar-refractivity contribution in [3.63, 3.8) is 0 Å². The Morgan fingerprint density at radius 2 is 2.29 bits per heavy atom. The van der Waals surface area contributed by atoms with Crippen LogP contribution in [-0.4, -0.2) is 48.5 Å². The average Bonchev–Trinajstić information content (AvgIpc) is 2.72. The van der Waals surface area contributed by atoms with Gasteiger partial charge in [-0.1, -0.05) is 0 Å². The lowest BCUT2D eigenvalue weighted by Crippen LogP contribution is -2.44. The highest BCUT2D eigenvalue weighted by atomic mass is 16.5. The fraction of sp³-hybridized carbons (Fsp3) is 0.600. The number of imidazole rings is 1. The van der Waals surface area contributed by atoms with Crippen molar-refractivity contribution in [2.45, 2.75) is 6.92 Å². The third-order valence-corrected chi connectivity index (χ3v) is 2.55. The molecule has 1 aromatic heterocycles. The topological polar surface area (TPSA) is 82.6 Å². The first-order chi connectivity index (χ1) is 8.24. The van der Waals surface area contributed by atoms with E-state index >= 15 is 0 Å². The second-order valence-corrected chi connectivity index (χ2v) is 3.61. The Bertz CT molecular complexity index is 398. The summed E-state index contributed by atoms with van der Waals surface area (Å²) in [6.07, 6.45) is 1.53. The lowest BCUT2D eigenvalue weighted by molar-refractivity contribution is 0.0521. The number of anilines is 1. The second-order valence-electron chi connectivity index (χ2n) is 3.61. The largest absolute Gasteiger partial charge is 0.461 e. The molecule has 1 aliphatic rings. The molecule has 7 nitrogen and oxygen atoms in total. The fourth-order valence-electron chi connectivity index (χ4n) is 1.70. The number of esters is 1. The molecule has 0 saturated carbocycles. The molecule has 2 rings (SSSR count). The van der Waals surface area contributed by atoms with Crippen LogP contribution in [-0.2, 0) is 9.47 Å². The van der Waals surface area contributed by atoms with Crippen molar-refractivity contribution >= 4 is 11.8 Å². The van der Waals surface area contributed by atoms with Gasteiger partial charge in [0.15, 0.2) is 11.5 Å². The van der Waals surface area contributed by atoms with Gasteiger partial charge in [0.05, 0.1) is 32.9 Å². The van der Waals surface area contributed by atoms with Gasteiger partial charge in [-0.25, -0.2) is 14.5 Å². The Morgan fingerprint density at radius 1 is 1.59 bits per heavy atom. The summed E-state index contributed by atoms with van der Waals surface area (Å²) in [4.78, 5) is 15.5. The molecule has 0 atom stereocenters. The smallest absolute Gasteiger partial charge is 0.360 e. The molecule has 2 N–H and O–H groups in total. The van der Waals surface area contributed by atoms with Gasteiger partial charge >= 0.3 is 5.97 Å². The minimum absolute atomic E-state index is 0.165. The highest BCUT2D eigenvalue weighted by Crippen LogP contribution is 2.12. The summed E-state index contributed by atoms with van der Waals surface area (Å²) in [5.41, 5.74) is 6.05. The zero-order valence-corrected chi connectivity index (χ0v) is 9.76. The Kier molecular flexibility index (Phi) is 3.48. The summed E-state index contributed by atoms with van der Waals surface area (Å²) < 4.78 is 11.8. The number of carbonyl (C=O) groups excluding carboxylic acids is 1. The summed E-state index contributed by atoms with van der Waals surface area (Å²) >= 11 is 0. The Labute approximate surface area is 99.1 Å². The van der Waals surface area contributed by atoms with Crippen LogP contribution >= 0.6 is 0 Å². The number of aromatic nitrogens is 2. The molecule has 1 fully saturated rings. The number of morpholine rings is 1. The van der Waals surface area contributed by atoms with Crippen LogP contribution < -0.4 is 10.7 Å². The van der Waals surface area contributed by atoms with Crippen LogP contribution in [0, 0.1) is 0 Å². The lowest BCUT2D eigenvalue weighted by atomic mass is 10.4. The van der Waals surface area contributed by atoms with Gasteiger partial charge in [0.2, 0.25) is 0 Å². The minimum atomic E-state index is -0.489. The number of nitrogens with zero attached hydrogens (tertiary/aromatic N) is 3. The van der Waals surface area contributed by atoms with Gasteiger partial charge in [0.25, 0.3) is 0 Å². The Balaban J connectivity index is 2.16. The van der Waals surface area contributed by atoms with Crippen LogP contribution in [0.5, 0.6) is 0 Å². The molecular formula is C10H16N4O3. The molecule has 94 valence electrons. The quantitative estimate of drug-likeness (QED) is 0.724. The molecule has 0 aromatic carbocycles. The number of ether oxygens (including phenoxy) is 2. The minimum Gasteiger partial charge on any atom is -0.461 e. The highest BCUT2D eigenvalue weighted by Gasteiger charge is 2.20. The standard InChI is InChI=1S/C10H16N4O3/c1-2-17-10(15)8-9(11)14(7-12-8)13-3-5-16-6-4-13/h7H,2-6,11H2,1H3. The van der Waals surface area contributed by atoms with Crippen LogP contribution in [0.1, 0.15) is 17.4 Å². The Hall–Kier alpha value is -1.76. The van der Waals surface area contributed by atoms with Crippen molar-refractivity contribution in [3.8, 4) is 0 Å². The molecule has 1 aromatic rings. The van der Waals surface area contributed by atoms with Gasteiger partial charge in [0.1, 0.15) is 6.33 Å². The van der Waals surface area contributed by atoms with Gasteiger partial charge < -0.3 is 20.2 Å². The van der Waals surface area contributed by atoms with Crippen LogP contribution in [0.2, 0.25) is 0 Å². The van der Waals surface area contributed by atoms with Crippen LogP contribution in [0.3, 0.4) is 0 Å². The van der Waals surface area contributed by atoms with Crippen LogP contribution in [0.4, 0.5) is 5.82 Å². The zero-order valence-electron chi connectivity index (χ0n) is 9.76. The summed E-state index contributed by atoms with van der Waals surface area (Å²) in [6, 6.07) is 0. The van der Waals surface area contributed by atoms with E-state index in [2.05, 4.69) is 4.98 Å². The number of hydrogen-bond acceptors (Lipinski definition) is 6. The third kappa shape index (κ3) is 2.33. The Morgan fingerprint density at radius 3 is 2.94 bits per heavy atom. The first kappa shape index (κ1) is 11.7. The maximum absolute atomic E-state index is 11.5. The van der Waals surface area contributed by atoms with E-state index in [1.54, 1.807) is 11.6 Å². The highest BCUT2D eigenvalue weighted by molar-refractivity contribution is 5.92. The maximum Gasteiger partial charge on any atom is 0.360 e. The van der Waals surface area contributed by atoms with E-state index in [9.17, 15) is 4.79 Å². The molecular weight excluding hydrogens is 224 g/mol. The first-order valence-corrected chi connectivity index (χ1v) is 5.57. The predicted octanol–water partition coefficient (Wildman–Crippen LogP) is -0.390. The number of nitrogen functional groups attached to an aromatic ring is 1. The van der Waals surface area contributed by atoms with E-state index in [-0.39, 0.29) is 5.69 Å².